The highest BCUT2D eigenvalue weighted by atomic mass is 79.9. The van der Waals surface area contributed by atoms with Gasteiger partial charge in [-0.05, 0) is 33.5 Å². The molecule has 0 aromatic heterocycles. The van der Waals surface area contributed by atoms with Gasteiger partial charge in [-0.15, -0.1) is 0 Å². The molecule has 0 aliphatic rings. The van der Waals surface area contributed by atoms with E-state index in [1.165, 1.54) is 12.1 Å². The number of hydrogen-bond donors (Lipinski definition) is 2. The summed E-state index contributed by atoms with van der Waals surface area (Å²) in [6.45, 7) is 5.70. The summed E-state index contributed by atoms with van der Waals surface area (Å²) in [7, 11) is 0. The van der Waals surface area contributed by atoms with Crippen molar-refractivity contribution in [3.8, 4) is 5.75 Å². The van der Waals surface area contributed by atoms with E-state index < -0.39 is 11.9 Å². The molecule has 0 aliphatic carbocycles. The second-order valence-corrected chi connectivity index (χ2v) is 5.49. The summed E-state index contributed by atoms with van der Waals surface area (Å²) in [5.74, 6) is -0.587. The zero-order valence-corrected chi connectivity index (χ0v) is 10.6. The first-order valence-corrected chi connectivity index (χ1v) is 5.47. The minimum Gasteiger partial charge on any atom is -0.506 e. The van der Waals surface area contributed by atoms with Crippen LogP contribution in [-0.2, 0) is 0 Å². The Hall–Kier alpha value is -0.610. The molecule has 1 aromatic carbocycles. The van der Waals surface area contributed by atoms with Crippen molar-refractivity contribution in [2.45, 2.75) is 26.8 Å². The molecule has 0 radical (unpaired) electrons. The van der Waals surface area contributed by atoms with Crippen molar-refractivity contribution in [3.63, 3.8) is 0 Å². The molecule has 1 rings (SSSR count). The first-order chi connectivity index (χ1) is 6.75. The average molecular weight is 276 g/mol. The predicted octanol–water partition coefficient (Wildman–Crippen LogP) is 3.34. The quantitative estimate of drug-likeness (QED) is 0.826. The van der Waals surface area contributed by atoms with Gasteiger partial charge in [0.05, 0.1) is 4.47 Å². The first-order valence-electron chi connectivity index (χ1n) is 4.67. The summed E-state index contributed by atoms with van der Waals surface area (Å²) < 4.78 is 14.0. The highest BCUT2D eigenvalue weighted by molar-refractivity contribution is 9.10. The van der Waals surface area contributed by atoms with E-state index in [9.17, 15) is 9.50 Å². The molecule has 0 saturated heterocycles. The van der Waals surface area contributed by atoms with Crippen LogP contribution in [0.1, 0.15) is 32.4 Å². The highest BCUT2D eigenvalue weighted by Crippen LogP contribution is 2.39. The molecule has 4 heteroatoms. The van der Waals surface area contributed by atoms with Crippen molar-refractivity contribution >= 4 is 15.9 Å². The maximum atomic E-state index is 13.6. The lowest BCUT2D eigenvalue weighted by molar-refractivity contribution is 0.308. The Kier molecular flexibility index (Phi) is 3.41. The number of phenolic OH excluding ortho intramolecular Hbond substituents is 1. The van der Waals surface area contributed by atoms with Crippen LogP contribution in [-0.4, -0.2) is 5.11 Å². The molecule has 0 bridgehead atoms. The number of benzene rings is 1. The van der Waals surface area contributed by atoms with Crippen molar-refractivity contribution in [1.29, 1.82) is 0 Å². The summed E-state index contributed by atoms with van der Waals surface area (Å²) in [6, 6.07) is 2.21. The van der Waals surface area contributed by atoms with Crippen molar-refractivity contribution < 1.29 is 9.50 Å². The molecule has 84 valence electrons. The van der Waals surface area contributed by atoms with Gasteiger partial charge < -0.3 is 10.8 Å². The van der Waals surface area contributed by atoms with E-state index in [1.807, 2.05) is 20.8 Å². The summed E-state index contributed by atoms with van der Waals surface area (Å²) in [5.41, 5.74) is 5.78. The Labute approximate surface area is 97.4 Å². The predicted molar refractivity (Wildman–Crippen MR) is 62.1 cm³/mol. The van der Waals surface area contributed by atoms with E-state index in [1.54, 1.807) is 0 Å². The zero-order valence-electron chi connectivity index (χ0n) is 9.01. The van der Waals surface area contributed by atoms with E-state index in [0.717, 1.165) is 0 Å². The van der Waals surface area contributed by atoms with Crippen molar-refractivity contribution in [3.05, 3.63) is 28.0 Å². The molecule has 3 N–H and O–H groups in total. The topological polar surface area (TPSA) is 46.2 Å². The lowest BCUT2D eigenvalue weighted by Crippen LogP contribution is -2.27. The van der Waals surface area contributed by atoms with Crippen LogP contribution in [0.2, 0.25) is 0 Å². The van der Waals surface area contributed by atoms with E-state index >= 15 is 0 Å². The number of nitrogens with two attached hydrogens (primary N) is 1. The maximum absolute atomic E-state index is 13.6. The van der Waals surface area contributed by atoms with E-state index in [2.05, 4.69) is 15.9 Å². The van der Waals surface area contributed by atoms with Crippen molar-refractivity contribution in [1.82, 2.24) is 0 Å². The van der Waals surface area contributed by atoms with Crippen LogP contribution < -0.4 is 5.73 Å². The van der Waals surface area contributed by atoms with E-state index in [4.69, 9.17) is 5.73 Å². The maximum Gasteiger partial charge on any atom is 0.137 e. The Bertz CT molecular complexity index is 374. The Morgan fingerprint density at radius 2 is 1.93 bits per heavy atom. The van der Waals surface area contributed by atoms with Crippen LogP contribution in [0.5, 0.6) is 5.75 Å². The smallest absolute Gasteiger partial charge is 0.137 e. The lowest BCUT2D eigenvalue weighted by Gasteiger charge is -2.28. The van der Waals surface area contributed by atoms with E-state index in [-0.39, 0.29) is 16.7 Å². The molecule has 1 aromatic rings. The van der Waals surface area contributed by atoms with Crippen LogP contribution in [0.25, 0.3) is 0 Å². The molecule has 0 saturated carbocycles. The van der Waals surface area contributed by atoms with Gasteiger partial charge in [0.2, 0.25) is 0 Å². The van der Waals surface area contributed by atoms with Gasteiger partial charge in [0.15, 0.2) is 0 Å². The fourth-order valence-corrected chi connectivity index (χ4v) is 1.63. The van der Waals surface area contributed by atoms with Gasteiger partial charge in [0, 0.05) is 11.6 Å². The van der Waals surface area contributed by atoms with Gasteiger partial charge in [-0.3, -0.25) is 0 Å². The molecular weight excluding hydrogens is 261 g/mol. The molecule has 0 aliphatic heterocycles. The zero-order chi connectivity index (χ0) is 11.8. The summed E-state index contributed by atoms with van der Waals surface area (Å²) in [5, 5.41) is 9.75. The van der Waals surface area contributed by atoms with Crippen LogP contribution in [0.4, 0.5) is 4.39 Å². The Balaban J connectivity index is 3.31. The van der Waals surface area contributed by atoms with Gasteiger partial charge >= 0.3 is 0 Å². The molecule has 0 fully saturated rings. The Morgan fingerprint density at radius 1 is 1.40 bits per heavy atom. The summed E-state index contributed by atoms with van der Waals surface area (Å²) in [6.07, 6.45) is 0. The monoisotopic (exact) mass is 275 g/mol. The van der Waals surface area contributed by atoms with Crippen LogP contribution in [0, 0.1) is 11.2 Å². The number of phenols is 1. The number of hydrogen-bond acceptors (Lipinski definition) is 2. The molecule has 15 heavy (non-hydrogen) atoms. The van der Waals surface area contributed by atoms with Crippen molar-refractivity contribution in [2.24, 2.45) is 11.1 Å². The van der Waals surface area contributed by atoms with Gasteiger partial charge in [-0.25, -0.2) is 4.39 Å². The average Bonchev–Trinajstić information content (AvgIpc) is 2.10. The van der Waals surface area contributed by atoms with Gasteiger partial charge in [-0.2, -0.15) is 0 Å². The molecule has 0 heterocycles. The minimum absolute atomic E-state index is 0.113. The molecule has 0 spiro atoms. The van der Waals surface area contributed by atoms with Gasteiger partial charge in [-0.1, -0.05) is 20.8 Å². The number of rotatable bonds is 1. The third kappa shape index (κ3) is 2.49. The molecule has 2 nitrogen and oxygen atoms in total. The first kappa shape index (κ1) is 12.5. The fourth-order valence-electron chi connectivity index (χ4n) is 1.29. The summed E-state index contributed by atoms with van der Waals surface area (Å²) in [4.78, 5) is 0. The van der Waals surface area contributed by atoms with Crippen LogP contribution in [0.15, 0.2) is 16.6 Å². The second kappa shape index (κ2) is 4.10. The third-order valence-electron chi connectivity index (χ3n) is 2.36. The normalized spacial score (nSPS) is 14.0. The number of aromatic hydroxyl groups is 1. The Morgan fingerprint density at radius 3 is 2.40 bits per heavy atom. The minimum atomic E-state index is -0.546. The third-order valence-corrected chi connectivity index (χ3v) is 3.00. The van der Waals surface area contributed by atoms with Gasteiger partial charge in [0.1, 0.15) is 11.6 Å². The fraction of sp³-hybridized carbons (Fsp3) is 0.455. The lowest BCUT2D eigenvalue weighted by atomic mass is 9.82. The van der Waals surface area contributed by atoms with Crippen molar-refractivity contribution in [2.75, 3.05) is 0 Å². The van der Waals surface area contributed by atoms with Crippen LogP contribution >= 0.6 is 15.9 Å². The summed E-state index contributed by atoms with van der Waals surface area (Å²) >= 11 is 3.14. The largest absolute Gasteiger partial charge is 0.506 e. The number of halogens is 2. The van der Waals surface area contributed by atoms with E-state index in [0.29, 0.717) is 4.47 Å². The highest BCUT2D eigenvalue weighted by Gasteiger charge is 2.28. The molecular formula is C11H15BrFNO. The molecule has 1 atom stereocenters. The molecule has 0 unspecified atom stereocenters. The second-order valence-electron chi connectivity index (χ2n) is 4.64. The standard InChI is InChI=1S/C11H15BrFNO/c1-11(2,3)10(14)8-7(13)5-4-6(12)9(8)15/h4-5,10,15H,14H2,1-3H3/t10-/m0/s1. The SMILES string of the molecule is CC(C)(C)[C@@H](N)c1c(F)ccc(Br)c1O. The van der Waals surface area contributed by atoms with Crippen LogP contribution in [0.3, 0.4) is 0 Å². The molecule has 0 amide bonds. The van der Waals surface area contributed by atoms with Gasteiger partial charge in [0.25, 0.3) is 0 Å².